The van der Waals surface area contributed by atoms with Crippen molar-refractivity contribution < 1.29 is 17.9 Å². The summed E-state index contributed by atoms with van der Waals surface area (Å²) in [6.45, 7) is 7.71. The van der Waals surface area contributed by atoms with Gasteiger partial charge in [-0.25, -0.2) is 13.8 Å². The molecule has 4 aromatic rings. The second kappa shape index (κ2) is 11.6. The maximum absolute atomic E-state index is 13.5. The van der Waals surface area contributed by atoms with Gasteiger partial charge in [0.2, 0.25) is 0 Å². The molecule has 0 saturated heterocycles. The van der Waals surface area contributed by atoms with E-state index >= 15 is 0 Å². The highest BCUT2D eigenvalue weighted by Gasteiger charge is 2.27. The maximum atomic E-state index is 13.5. The highest BCUT2D eigenvalue weighted by Crippen LogP contribution is 2.27. The molecular weight excluding hydrogens is 512 g/mol. The van der Waals surface area contributed by atoms with Crippen LogP contribution in [0.1, 0.15) is 28.1 Å². The van der Waals surface area contributed by atoms with Gasteiger partial charge in [0.25, 0.3) is 15.9 Å². The van der Waals surface area contributed by atoms with Gasteiger partial charge >= 0.3 is 0 Å². The number of hydrogen-bond acceptors (Lipinski definition) is 5. The number of methoxy groups -OCH3 is 1. The third-order valence-electron chi connectivity index (χ3n) is 6.49. The van der Waals surface area contributed by atoms with Crippen molar-refractivity contribution in [3.05, 3.63) is 107 Å². The molecule has 8 nitrogen and oxygen atoms in total. The number of rotatable bonds is 9. The van der Waals surface area contributed by atoms with Crippen molar-refractivity contribution in [2.75, 3.05) is 18.0 Å². The van der Waals surface area contributed by atoms with E-state index in [-0.39, 0.29) is 4.90 Å². The lowest BCUT2D eigenvalue weighted by molar-refractivity contribution is -0.119. The molecule has 0 bridgehead atoms. The molecule has 0 unspecified atom stereocenters. The topological polar surface area (TPSA) is 93.0 Å². The summed E-state index contributed by atoms with van der Waals surface area (Å²) in [4.78, 5) is 13.0. The van der Waals surface area contributed by atoms with Gasteiger partial charge in [-0.05, 0) is 69.2 Å². The first-order chi connectivity index (χ1) is 18.6. The monoisotopic (exact) mass is 544 g/mol. The van der Waals surface area contributed by atoms with Gasteiger partial charge in [0.1, 0.15) is 12.3 Å². The zero-order valence-corrected chi connectivity index (χ0v) is 23.5. The number of ether oxygens (including phenoxy) is 1. The zero-order chi connectivity index (χ0) is 28.2. The van der Waals surface area contributed by atoms with Crippen LogP contribution in [0.3, 0.4) is 0 Å². The lowest BCUT2D eigenvalue weighted by Crippen LogP contribution is -2.39. The Hall–Kier alpha value is -4.37. The summed E-state index contributed by atoms with van der Waals surface area (Å²) in [5.74, 6) is -0.115. The summed E-state index contributed by atoms with van der Waals surface area (Å²) in [5.41, 5.74) is 9.09. The van der Waals surface area contributed by atoms with Crippen LogP contribution in [0.4, 0.5) is 5.69 Å². The number of sulfonamides is 1. The van der Waals surface area contributed by atoms with Crippen LogP contribution >= 0.6 is 0 Å². The van der Waals surface area contributed by atoms with Crippen molar-refractivity contribution in [1.82, 2.24) is 9.99 Å². The van der Waals surface area contributed by atoms with E-state index in [0.29, 0.717) is 11.4 Å². The lowest BCUT2D eigenvalue weighted by Gasteiger charge is -2.24. The second-order valence-corrected chi connectivity index (χ2v) is 11.1. The molecule has 202 valence electrons. The van der Waals surface area contributed by atoms with Crippen LogP contribution in [0.15, 0.2) is 88.9 Å². The van der Waals surface area contributed by atoms with E-state index in [1.807, 2.05) is 26.0 Å². The number of benzene rings is 3. The molecule has 9 heteroatoms. The fourth-order valence-electron chi connectivity index (χ4n) is 4.56. The number of aromatic nitrogens is 1. The molecule has 1 heterocycles. The summed E-state index contributed by atoms with van der Waals surface area (Å²) >= 11 is 0. The number of nitrogens with zero attached hydrogens (tertiary/aromatic N) is 3. The molecule has 0 spiro atoms. The summed E-state index contributed by atoms with van der Waals surface area (Å²) in [5, 5.41) is 4.15. The lowest BCUT2D eigenvalue weighted by atomic mass is 10.1. The summed E-state index contributed by atoms with van der Waals surface area (Å²) in [6.07, 6.45) is 1.58. The minimum atomic E-state index is -4.04. The van der Waals surface area contributed by atoms with Gasteiger partial charge in [-0.3, -0.25) is 9.10 Å². The summed E-state index contributed by atoms with van der Waals surface area (Å²) < 4.78 is 35.5. The number of carbonyl (C=O) groups excluding carboxylic acids is 1. The first-order valence-electron chi connectivity index (χ1n) is 12.4. The number of hydrazone groups is 1. The highest BCUT2D eigenvalue weighted by molar-refractivity contribution is 7.92. The Bertz CT molecular complexity index is 1610. The summed E-state index contributed by atoms with van der Waals surface area (Å²) in [6, 6.07) is 22.7. The Morgan fingerprint density at radius 2 is 1.62 bits per heavy atom. The molecule has 1 amide bonds. The third-order valence-corrected chi connectivity index (χ3v) is 8.27. The minimum absolute atomic E-state index is 0.0723. The van der Waals surface area contributed by atoms with Crippen molar-refractivity contribution in [3.63, 3.8) is 0 Å². The smallest absolute Gasteiger partial charge is 0.264 e. The predicted molar refractivity (Wildman–Crippen MR) is 154 cm³/mol. The molecule has 0 aliphatic rings. The first-order valence-corrected chi connectivity index (χ1v) is 13.9. The number of nitrogens with one attached hydrogen (secondary N) is 1. The minimum Gasteiger partial charge on any atom is -0.497 e. The molecule has 1 aromatic heterocycles. The van der Waals surface area contributed by atoms with E-state index in [9.17, 15) is 13.2 Å². The molecule has 0 atom stereocenters. The molecule has 0 aliphatic carbocycles. The van der Waals surface area contributed by atoms with Crippen LogP contribution in [0.2, 0.25) is 0 Å². The van der Waals surface area contributed by atoms with E-state index in [2.05, 4.69) is 41.1 Å². The van der Waals surface area contributed by atoms with Crippen LogP contribution in [-0.2, 0) is 14.8 Å². The highest BCUT2D eigenvalue weighted by atomic mass is 32.2. The number of anilines is 1. The van der Waals surface area contributed by atoms with Gasteiger partial charge in [0, 0.05) is 23.0 Å². The van der Waals surface area contributed by atoms with Crippen molar-refractivity contribution in [1.29, 1.82) is 0 Å². The average molecular weight is 545 g/mol. The van der Waals surface area contributed by atoms with Crippen LogP contribution in [0.5, 0.6) is 5.75 Å². The Morgan fingerprint density at radius 3 is 2.28 bits per heavy atom. The molecule has 3 aromatic carbocycles. The molecular formula is C30H32N4O4S. The maximum Gasteiger partial charge on any atom is 0.264 e. The molecule has 1 N–H and O–H groups in total. The van der Waals surface area contributed by atoms with Crippen molar-refractivity contribution in [2.24, 2.45) is 5.10 Å². The van der Waals surface area contributed by atoms with Crippen molar-refractivity contribution >= 4 is 27.8 Å². The number of amides is 1. The Morgan fingerprint density at radius 1 is 0.949 bits per heavy atom. The predicted octanol–water partition coefficient (Wildman–Crippen LogP) is 5.07. The fourth-order valence-corrected chi connectivity index (χ4v) is 5.99. The van der Waals surface area contributed by atoms with E-state index in [1.165, 1.54) is 19.2 Å². The quantitative estimate of drug-likeness (QED) is 0.235. The van der Waals surface area contributed by atoms with Crippen LogP contribution < -0.4 is 14.5 Å². The van der Waals surface area contributed by atoms with Crippen LogP contribution in [0.25, 0.3) is 5.69 Å². The Labute approximate surface area is 229 Å². The summed E-state index contributed by atoms with van der Waals surface area (Å²) in [7, 11) is -2.54. The van der Waals surface area contributed by atoms with Gasteiger partial charge < -0.3 is 9.30 Å². The number of carbonyl (C=O) groups is 1. The van der Waals surface area contributed by atoms with E-state index in [1.54, 1.807) is 48.7 Å². The van der Waals surface area contributed by atoms with E-state index in [0.717, 1.165) is 38.1 Å². The fraction of sp³-hybridized carbons (Fsp3) is 0.200. The molecule has 0 saturated carbocycles. The molecule has 0 radical (unpaired) electrons. The van der Waals surface area contributed by atoms with Crippen molar-refractivity contribution in [2.45, 2.75) is 32.6 Å². The third kappa shape index (κ3) is 5.88. The second-order valence-electron chi connectivity index (χ2n) is 9.22. The van der Waals surface area contributed by atoms with Gasteiger partial charge in [0.05, 0.1) is 29.6 Å². The SMILES string of the molecule is COc1cccc(N(CC(=O)N/N=C\c2cc(C)n(-c3c(C)cccc3C)c2C)S(=O)(=O)c2ccccc2)c1. The van der Waals surface area contributed by atoms with E-state index < -0.39 is 22.5 Å². The Balaban J connectivity index is 1.58. The Kier molecular flexibility index (Phi) is 8.21. The normalized spacial score (nSPS) is 11.5. The number of aryl methyl sites for hydroxylation is 3. The average Bonchev–Trinajstić information content (AvgIpc) is 3.20. The molecule has 4 rings (SSSR count). The largest absolute Gasteiger partial charge is 0.497 e. The number of hydrogen-bond donors (Lipinski definition) is 1. The van der Waals surface area contributed by atoms with Gasteiger partial charge in [0.15, 0.2) is 0 Å². The van der Waals surface area contributed by atoms with Crippen LogP contribution in [-0.4, -0.2) is 38.8 Å². The number of para-hydroxylation sites is 1. The molecule has 0 aliphatic heterocycles. The van der Waals surface area contributed by atoms with E-state index in [4.69, 9.17) is 4.74 Å². The zero-order valence-electron chi connectivity index (χ0n) is 22.7. The molecule has 0 fully saturated rings. The standard InChI is InChI=1S/C30H32N4O4S/c1-21-11-9-12-22(2)30(21)34-23(3)17-25(24(34)4)19-31-32-29(35)20-33(26-13-10-14-27(18-26)38-5)39(36,37)28-15-7-6-8-16-28/h6-19H,20H2,1-5H3,(H,32,35)/b31-19-. The molecule has 39 heavy (non-hydrogen) atoms. The van der Waals surface area contributed by atoms with Gasteiger partial charge in [-0.2, -0.15) is 5.10 Å². The van der Waals surface area contributed by atoms with Gasteiger partial charge in [-0.15, -0.1) is 0 Å². The van der Waals surface area contributed by atoms with Crippen LogP contribution in [0, 0.1) is 27.7 Å². The van der Waals surface area contributed by atoms with Gasteiger partial charge in [-0.1, -0.05) is 42.5 Å². The van der Waals surface area contributed by atoms with Crippen molar-refractivity contribution in [3.8, 4) is 11.4 Å². The first kappa shape index (κ1) is 27.7.